The van der Waals surface area contributed by atoms with Crippen molar-refractivity contribution in [1.29, 1.82) is 0 Å². The van der Waals surface area contributed by atoms with Gasteiger partial charge in [0.2, 0.25) is 5.91 Å². The number of hydrogen-bond donors (Lipinski definition) is 1. The first-order valence-electron chi connectivity index (χ1n) is 6.96. The first-order chi connectivity index (χ1) is 12.0. The summed E-state index contributed by atoms with van der Waals surface area (Å²) in [5, 5.41) is 12.3. The molecule has 3 rings (SSSR count). The Kier molecular flexibility index (Phi) is 5.58. The normalized spacial score (nSPS) is 10.9. The Morgan fingerprint density at radius 1 is 1.28 bits per heavy atom. The number of hydrogen-bond acceptors (Lipinski definition) is 5. The van der Waals surface area contributed by atoms with Crippen LogP contribution in [0.1, 0.15) is 0 Å². The van der Waals surface area contributed by atoms with Gasteiger partial charge in [-0.3, -0.25) is 4.79 Å². The van der Waals surface area contributed by atoms with Crippen molar-refractivity contribution in [3.8, 4) is 11.6 Å². The minimum atomic E-state index is -0.279. The Labute approximate surface area is 162 Å². The van der Waals surface area contributed by atoms with E-state index in [0.29, 0.717) is 27.5 Å². The number of anilines is 1. The summed E-state index contributed by atoms with van der Waals surface area (Å²) in [5.41, 5.74) is 0.326. The second kappa shape index (κ2) is 7.70. The van der Waals surface area contributed by atoms with E-state index in [1.165, 1.54) is 23.9 Å². The molecule has 2 heterocycles. The average molecular weight is 418 g/mol. The number of thioether (sulfide) groups is 1. The molecule has 1 N–H and O–H groups in total. The summed E-state index contributed by atoms with van der Waals surface area (Å²) in [7, 11) is 1.80. The molecule has 0 aliphatic carbocycles. The maximum absolute atomic E-state index is 12.2. The van der Waals surface area contributed by atoms with Crippen molar-refractivity contribution < 1.29 is 9.21 Å². The van der Waals surface area contributed by atoms with Crippen molar-refractivity contribution in [2.75, 3.05) is 11.1 Å². The van der Waals surface area contributed by atoms with Gasteiger partial charge in [0.1, 0.15) is 0 Å². The fraction of sp³-hybridized carbons (Fsp3) is 0.133. The van der Waals surface area contributed by atoms with Crippen LogP contribution in [0.5, 0.6) is 0 Å². The fourth-order valence-corrected chi connectivity index (χ4v) is 3.65. The summed E-state index contributed by atoms with van der Waals surface area (Å²) < 4.78 is 7.05. The molecule has 0 aliphatic rings. The van der Waals surface area contributed by atoms with E-state index in [-0.39, 0.29) is 21.7 Å². The van der Waals surface area contributed by atoms with Gasteiger partial charge in [0, 0.05) is 12.1 Å². The van der Waals surface area contributed by atoms with E-state index in [2.05, 4.69) is 15.5 Å². The summed E-state index contributed by atoms with van der Waals surface area (Å²) in [4.78, 5) is 12.2. The topological polar surface area (TPSA) is 73.0 Å². The van der Waals surface area contributed by atoms with Crippen molar-refractivity contribution in [3.63, 3.8) is 0 Å². The van der Waals surface area contributed by atoms with E-state index in [1.54, 1.807) is 30.0 Å². The number of rotatable bonds is 5. The van der Waals surface area contributed by atoms with E-state index < -0.39 is 0 Å². The van der Waals surface area contributed by atoms with Crippen LogP contribution >= 0.6 is 46.6 Å². The second-order valence-corrected chi connectivity index (χ2v) is 7.12. The largest absolute Gasteiger partial charge is 0.461 e. The zero-order valence-corrected chi connectivity index (χ0v) is 15.9. The predicted molar refractivity (Wildman–Crippen MR) is 99.5 cm³/mol. The highest BCUT2D eigenvalue weighted by Crippen LogP contribution is 2.34. The molecule has 6 nitrogen and oxygen atoms in total. The summed E-state index contributed by atoms with van der Waals surface area (Å²) in [6, 6.07) is 6.58. The van der Waals surface area contributed by atoms with E-state index in [4.69, 9.17) is 39.2 Å². The van der Waals surface area contributed by atoms with Crippen molar-refractivity contribution in [3.05, 3.63) is 45.6 Å². The molecule has 10 heteroatoms. The Balaban J connectivity index is 1.66. The molecular formula is C15H11Cl3N4O2S. The number of aromatic nitrogens is 3. The van der Waals surface area contributed by atoms with Gasteiger partial charge in [-0.15, -0.1) is 10.2 Å². The Bertz CT molecular complexity index is 889. The van der Waals surface area contributed by atoms with Crippen LogP contribution in [0.4, 0.5) is 5.69 Å². The van der Waals surface area contributed by atoms with Crippen LogP contribution in [0, 0.1) is 0 Å². The highest BCUT2D eigenvalue weighted by Gasteiger charge is 2.16. The number of benzene rings is 1. The van der Waals surface area contributed by atoms with E-state index in [0.717, 1.165) is 0 Å². The molecule has 0 saturated heterocycles. The van der Waals surface area contributed by atoms with E-state index in [1.807, 2.05) is 0 Å². The third-order valence-corrected chi connectivity index (χ3v) is 5.01. The number of furan rings is 1. The molecular weight excluding hydrogens is 407 g/mol. The zero-order valence-electron chi connectivity index (χ0n) is 12.8. The minimum absolute atomic E-state index is 0.111. The molecule has 0 unspecified atom stereocenters. The fourth-order valence-electron chi connectivity index (χ4n) is 2.03. The molecule has 25 heavy (non-hydrogen) atoms. The van der Waals surface area contributed by atoms with E-state index in [9.17, 15) is 4.79 Å². The van der Waals surface area contributed by atoms with Gasteiger partial charge in [-0.1, -0.05) is 46.6 Å². The van der Waals surface area contributed by atoms with Crippen LogP contribution in [0.3, 0.4) is 0 Å². The lowest BCUT2D eigenvalue weighted by Crippen LogP contribution is -2.15. The van der Waals surface area contributed by atoms with Gasteiger partial charge in [-0.05, 0) is 24.3 Å². The lowest BCUT2D eigenvalue weighted by Gasteiger charge is -2.09. The molecule has 130 valence electrons. The van der Waals surface area contributed by atoms with Gasteiger partial charge in [-0.2, -0.15) is 0 Å². The first kappa shape index (κ1) is 18.1. The summed E-state index contributed by atoms with van der Waals surface area (Å²) in [6.07, 6.45) is 1.56. The Morgan fingerprint density at radius 3 is 2.64 bits per heavy atom. The Morgan fingerprint density at radius 2 is 2.00 bits per heavy atom. The molecule has 0 spiro atoms. The summed E-state index contributed by atoms with van der Waals surface area (Å²) in [5.74, 6) is 1.01. The van der Waals surface area contributed by atoms with Crippen molar-refractivity contribution in [1.82, 2.24) is 14.8 Å². The number of carbonyl (C=O) groups is 1. The van der Waals surface area contributed by atoms with Crippen LogP contribution in [0.15, 0.2) is 40.1 Å². The number of carbonyl (C=O) groups excluding carboxylic acids is 1. The SMILES string of the molecule is Cn1c(SCC(=O)Nc2c(Cl)cc(Cl)cc2Cl)nnc1-c1ccco1. The summed E-state index contributed by atoms with van der Waals surface area (Å²) >= 11 is 19.2. The molecule has 0 aliphatic heterocycles. The maximum atomic E-state index is 12.2. The lowest BCUT2D eigenvalue weighted by molar-refractivity contribution is -0.113. The van der Waals surface area contributed by atoms with Crippen LogP contribution in [-0.2, 0) is 11.8 Å². The zero-order chi connectivity index (χ0) is 18.0. The van der Waals surface area contributed by atoms with E-state index >= 15 is 0 Å². The van der Waals surface area contributed by atoms with Gasteiger partial charge in [0.15, 0.2) is 16.7 Å². The standard InChI is InChI=1S/C15H11Cl3N4O2S/c1-22-14(11-3-2-4-24-11)20-21-15(22)25-7-12(23)19-13-9(17)5-8(16)6-10(13)18/h2-6H,7H2,1H3,(H,19,23). The van der Waals surface area contributed by atoms with Gasteiger partial charge in [0.25, 0.3) is 0 Å². The summed E-state index contributed by atoms with van der Waals surface area (Å²) in [6.45, 7) is 0. The molecule has 0 radical (unpaired) electrons. The minimum Gasteiger partial charge on any atom is -0.461 e. The monoisotopic (exact) mass is 416 g/mol. The highest BCUT2D eigenvalue weighted by molar-refractivity contribution is 7.99. The van der Waals surface area contributed by atoms with Gasteiger partial charge >= 0.3 is 0 Å². The van der Waals surface area contributed by atoms with Crippen LogP contribution in [0.2, 0.25) is 15.1 Å². The maximum Gasteiger partial charge on any atom is 0.234 e. The molecule has 0 atom stereocenters. The number of nitrogens with zero attached hydrogens (tertiary/aromatic N) is 3. The van der Waals surface area contributed by atoms with Crippen molar-refractivity contribution in [2.45, 2.75) is 5.16 Å². The van der Waals surface area contributed by atoms with Crippen LogP contribution < -0.4 is 5.32 Å². The second-order valence-electron chi connectivity index (χ2n) is 4.92. The van der Waals surface area contributed by atoms with Crippen LogP contribution in [-0.4, -0.2) is 26.4 Å². The van der Waals surface area contributed by atoms with Gasteiger partial charge in [-0.25, -0.2) is 0 Å². The quantitative estimate of drug-likeness (QED) is 0.606. The molecule has 0 fully saturated rings. The van der Waals surface area contributed by atoms with Gasteiger partial charge in [0.05, 0.1) is 27.7 Å². The van der Waals surface area contributed by atoms with Crippen molar-refractivity contribution >= 4 is 58.2 Å². The van der Waals surface area contributed by atoms with Gasteiger partial charge < -0.3 is 14.3 Å². The third-order valence-electron chi connectivity index (χ3n) is 3.18. The predicted octanol–water partition coefficient (Wildman–Crippen LogP) is 4.77. The average Bonchev–Trinajstić information content (AvgIpc) is 3.18. The molecule has 3 aromatic rings. The van der Waals surface area contributed by atoms with Crippen molar-refractivity contribution in [2.24, 2.45) is 7.05 Å². The van der Waals surface area contributed by atoms with Crippen LogP contribution in [0.25, 0.3) is 11.6 Å². The smallest absolute Gasteiger partial charge is 0.234 e. The molecule has 1 aromatic carbocycles. The molecule has 0 saturated carbocycles. The molecule has 1 amide bonds. The molecule has 0 bridgehead atoms. The number of nitrogens with one attached hydrogen (secondary N) is 1. The third kappa shape index (κ3) is 4.12. The number of halogens is 3. The lowest BCUT2D eigenvalue weighted by atomic mass is 10.3. The first-order valence-corrected chi connectivity index (χ1v) is 9.08. The number of amides is 1. The highest BCUT2D eigenvalue weighted by atomic mass is 35.5. The molecule has 2 aromatic heterocycles. The Hall–Kier alpha value is -1.67.